The maximum atomic E-state index is 12.0. The van der Waals surface area contributed by atoms with E-state index in [1.807, 2.05) is 12.1 Å². The number of fused-ring (bicyclic) bond motifs is 1. The van der Waals surface area contributed by atoms with Gasteiger partial charge in [0.2, 0.25) is 5.79 Å². The van der Waals surface area contributed by atoms with Crippen LogP contribution in [0.4, 0.5) is 0 Å². The topological polar surface area (TPSA) is 35.5 Å². The van der Waals surface area contributed by atoms with E-state index in [4.69, 9.17) is 9.47 Å². The zero-order chi connectivity index (χ0) is 17.0. The molecule has 2 aromatic rings. The summed E-state index contributed by atoms with van der Waals surface area (Å²) in [6.45, 7) is 0. The molecule has 0 bridgehead atoms. The predicted molar refractivity (Wildman–Crippen MR) is 93.7 cm³/mol. The van der Waals surface area contributed by atoms with Gasteiger partial charge in [-0.3, -0.25) is 4.79 Å². The third-order valence-corrected chi connectivity index (χ3v) is 6.48. The molecule has 3 heteroatoms. The van der Waals surface area contributed by atoms with Crippen molar-refractivity contribution in [2.24, 2.45) is 5.41 Å². The number of ether oxygens (including phenoxy) is 2. The molecule has 0 N–H and O–H groups in total. The molecule has 3 nitrogen and oxygen atoms in total. The molecule has 2 aliphatic heterocycles. The average Bonchev–Trinajstić information content (AvgIpc) is 3.31. The van der Waals surface area contributed by atoms with Gasteiger partial charge in [0.05, 0.1) is 11.8 Å². The Kier molecular flexibility index (Phi) is 3.14. The number of benzene rings is 2. The summed E-state index contributed by atoms with van der Waals surface area (Å²) in [6.07, 6.45) is 5.51. The number of carbonyl (C=O) groups excluding carboxylic acids is 1. The molecule has 2 saturated heterocycles. The van der Waals surface area contributed by atoms with Crippen molar-refractivity contribution in [1.82, 2.24) is 0 Å². The van der Waals surface area contributed by atoms with E-state index in [9.17, 15) is 4.79 Å². The second kappa shape index (κ2) is 5.18. The van der Waals surface area contributed by atoms with Gasteiger partial charge in [-0.25, -0.2) is 0 Å². The third-order valence-electron chi connectivity index (χ3n) is 6.48. The second-order valence-electron chi connectivity index (χ2n) is 7.53. The third kappa shape index (κ3) is 1.77. The Hall–Kier alpha value is -2.13. The molecule has 3 aliphatic rings. The van der Waals surface area contributed by atoms with Crippen LogP contribution < -0.4 is 0 Å². The summed E-state index contributed by atoms with van der Waals surface area (Å²) in [5.41, 5.74) is 1.62. The van der Waals surface area contributed by atoms with Crippen molar-refractivity contribution in [3.05, 3.63) is 71.8 Å². The van der Waals surface area contributed by atoms with Crippen LogP contribution in [-0.2, 0) is 19.9 Å². The first kappa shape index (κ1) is 15.2. The van der Waals surface area contributed by atoms with Crippen molar-refractivity contribution >= 4 is 5.97 Å². The highest BCUT2D eigenvalue weighted by Crippen LogP contribution is 2.74. The van der Waals surface area contributed by atoms with E-state index in [2.05, 4.69) is 48.5 Å². The summed E-state index contributed by atoms with van der Waals surface area (Å²) < 4.78 is 12.6. The largest absolute Gasteiger partial charge is 0.432 e. The maximum Gasteiger partial charge on any atom is 0.308 e. The average molecular weight is 334 g/mol. The molecule has 2 spiro atoms. The van der Waals surface area contributed by atoms with Crippen molar-refractivity contribution in [3.63, 3.8) is 0 Å². The molecule has 1 atom stereocenters. The quantitative estimate of drug-likeness (QED) is 0.756. The van der Waals surface area contributed by atoms with Gasteiger partial charge in [-0.2, -0.15) is 0 Å². The van der Waals surface area contributed by atoms with E-state index in [0.29, 0.717) is 12.8 Å². The van der Waals surface area contributed by atoms with Crippen molar-refractivity contribution in [1.29, 1.82) is 0 Å². The van der Waals surface area contributed by atoms with Crippen molar-refractivity contribution in [2.45, 2.75) is 49.9 Å². The van der Waals surface area contributed by atoms with Gasteiger partial charge in [0, 0.05) is 6.42 Å². The van der Waals surface area contributed by atoms with Gasteiger partial charge >= 0.3 is 5.97 Å². The molecule has 3 fully saturated rings. The Bertz CT molecular complexity index is 753. The smallest absolute Gasteiger partial charge is 0.308 e. The molecule has 5 rings (SSSR count). The van der Waals surface area contributed by atoms with E-state index >= 15 is 0 Å². The van der Waals surface area contributed by atoms with Crippen LogP contribution in [0.25, 0.3) is 0 Å². The van der Waals surface area contributed by atoms with Crippen LogP contribution in [0.3, 0.4) is 0 Å². The molecular weight excluding hydrogens is 312 g/mol. The molecular formula is C22H22O3. The first-order valence-corrected chi connectivity index (χ1v) is 9.26. The Labute approximate surface area is 148 Å². The van der Waals surface area contributed by atoms with Crippen molar-refractivity contribution < 1.29 is 14.3 Å². The van der Waals surface area contributed by atoms with Gasteiger partial charge in [-0.15, -0.1) is 0 Å². The Morgan fingerprint density at radius 1 is 0.760 bits per heavy atom. The highest BCUT2D eigenvalue weighted by atomic mass is 16.8. The van der Waals surface area contributed by atoms with Crippen LogP contribution in [0.2, 0.25) is 0 Å². The molecule has 0 radical (unpaired) electrons. The summed E-state index contributed by atoms with van der Waals surface area (Å²) >= 11 is 0. The lowest BCUT2D eigenvalue weighted by atomic mass is 9.54. The molecule has 1 saturated carbocycles. The maximum absolute atomic E-state index is 12.0. The van der Waals surface area contributed by atoms with E-state index < -0.39 is 11.4 Å². The van der Waals surface area contributed by atoms with E-state index in [0.717, 1.165) is 36.8 Å². The molecule has 2 heterocycles. The Balaban J connectivity index is 1.73. The summed E-state index contributed by atoms with van der Waals surface area (Å²) in [7, 11) is 0. The van der Waals surface area contributed by atoms with E-state index in [1.54, 1.807) is 0 Å². The first-order valence-electron chi connectivity index (χ1n) is 9.26. The fourth-order valence-corrected chi connectivity index (χ4v) is 5.52. The lowest BCUT2D eigenvalue weighted by Crippen LogP contribution is -2.74. The highest BCUT2D eigenvalue weighted by Gasteiger charge is 2.80. The Morgan fingerprint density at radius 3 is 1.80 bits per heavy atom. The first-order chi connectivity index (χ1) is 12.2. The zero-order valence-electron chi connectivity index (χ0n) is 14.2. The van der Waals surface area contributed by atoms with Gasteiger partial charge in [-0.05, 0) is 24.0 Å². The van der Waals surface area contributed by atoms with Gasteiger partial charge in [0.1, 0.15) is 5.60 Å². The molecule has 25 heavy (non-hydrogen) atoms. The minimum Gasteiger partial charge on any atom is -0.432 e. The van der Waals surface area contributed by atoms with Crippen molar-refractivity contribution in [2.75, 3.05) is 0 Å². The van der Waals surface area contributed by atoms with Gasteiger partial charge < -0.3 is 9.47 Å². The monoisotopic (exact) mass is 334 g/mol. The van der Waals surface area contributed by atoms with Crippen LogP contribution in [0.1, 0.15) is 49.7 Å². The summed E-state index contributed by atoms with van der Waals surface area (Å²) in [5, 5.41) is 0. The zero-order valence-corrected chi connectivity index (χ0v) is 14.2. The van der Waals surface area contributed by atoms with Crippen LogP contribution in [0.15, 0.2) is 60.7 Å². The van der Waals surface area contributed by atoms with Crippen LogP contribution >= 0.6 is 0 Å². The number of hydrogen-bond donors (Lipinski definition) is 0. The molecule has 2 aromatic carbocycles. The number of carbonyl (C=O) groups is 1. The van der Waals surface area contributed by atoms with Crippen molar-refractivity contribution in [3.8, 4) is 0 Å². The number of esters is 1. The predicted octanol–water partition coefficient (Wildman–Crippen LogP) is 4.55. The Morgan fingerprint density at radius 2 is 1.32 bits per heavy atom. The number of rotatable bonds is 2. The SMILES string of the molecule is O=C1CC[C@@]2(O1)OC(c1ccccc1)(c1ccccc1)C21CCCC1. The second-order valence-corrected chi connectivity index (χ2v) is 7.53. The molecule has 0 amide bonds. The molecule has 0 aromatic heterocycles. The fourth-order valence-electron chi connectivity index (χ4n) is 5.52. The summed E-state index contributed by atoms with van der Waals surface area (Å²) in [4.78, 5) is 12.0. The number of hydrogen-bond acceptors (Lipinski definition) is 3. The molecule has 1 aliphatic carbocycles. The fraction of sp³-hybridized carbons (Fsp3) is 0.409. The van der Waals surface area contributed by atoms with E-state index in [-0.39, 0.29) is 11.4 Å². The van der Waals surface area contributed by atoms with Crippen LogP contribution in [-0.4, -0.2) is 11.8 Å². The summed E-state index contributed by atoms with van der Waals surface area (Å²) in [6, 6.07) is 20.9. The van der Waals surface area contributed by atoms with Gasteiger partial charge in [0.25, 0.3) is 0 Å². The minimum absolute atomic E-state index is 0.124. The normalized spacial score (nSPS) is 28.9. The standard InChI is InChI=1S/C22H22O3/c23-19-13-16-21(24-19)20(14-7-8-15-20)22(25-21,17-9-3-1-4-10-17)18-11-5-2-6-12-18/h1-6,9-12H,7-8,13-16H2/t21-/m1/s1. The lowest BCUT2D eigenvalue weighted by molar-refractivity contribution is -0.444. The van der Waals surface area contributed by atoms with Gasteiger partial charge in [0.15, 0.2) is 0 Å². The minimum atomic E-state index is -0.744. The van der Waals surface area contributed by atoms with E-state index in [1.165, 1.54) is 0 Å². The molecule has 0 unspecified atom stereocenters. The van der Waals surface area contributed by atoms with Crippen LogP contribution in [0, 0.1) is 5.41 Å². The molecule has 128 valence electrons. The van der Waals surface area contributed by atoms with Gasteiger partial charge in [-0.1, -0.05) is 73.5 Å². The summed E-state index contributed by atoms with van der Waals surface area (Å²) in [5.74, 6) is -0.868. The lowest BCUT2D eigenvalue weighted by Gasteiger charge is -2.67. The highest BCUT2D eigenvalue weighted by molar-refractivity contribution is 5.73. The van der Waals surface area contributed by atoms with Crippen LogP contribution in [0.5, 0.6) is 0 Å².